The quantitative estimate of drug-likeness (QED) is 0.828. The maximum atomic E-state index is 12.4. The van der Waals surface area contributed by atoms with E-state index in [-0.39, 0.29) is 24.3 Å². The number of carboxylic acid groups (broad SMARTS) is 1. The van der Waals surface area contributed by atoms with Crippen LogP contribution in [0.2, 0.25) is 0 Å². The van der Waals surface area contributed by atoms with Gasteiger partial charge < -0.3 is 15.3 Å². The molecular weight excluding hydrogens is 320 g/mol. The van der Waals surface area contributed by atoms with E-state index < -0.39 is 11.9 Å². The summed E-state index contributed by atoms with van der Waals surface area (Å²) in [6.07, 6.45) is 5.06. The molecule has 1 aliphatic carbocycles. The molecule has 2 amide bonds. The highest BCUT2D eigenvalue weighted by Gasteiger charge is 2.29. The van der Waals surface area contributed by atoms with Crippen molar-refractivity contribution >= 4 is 17.8 Å². The minimum atomic E-state index is -0.858. The summed E-state index contributed by atoms with van der Waals surface area (Å²) >= 11 is 0. The van der Waals surface area contributed by atoms with Crippen LogP contribution in [0.15, 0.2) is 24.3 Å². The van der Waals surface area contributed by atoms with Gasteiger partial charge in [-0.1, -0.05) is 25.3 Å². The van der Waals surface area contributed by atoms with Crippen LogP contribution in [0.3, 0.4) is 0 Å². The van der Waals surface area contributed by atoms with Crippen molar-refractivity contribution in [3.63, 3.8) is 0 Å². The van der Waals surface area contributed by atoms with Gasteiger partial charge in [0.2, 0.25) is 0 Å². The Hall–Kier alpha value is -2.37. The van der Waals surface area contributed by atoms with Crippen molar-refractivity contribution in [1.82, 2.24) is 10.2 Å². The van der Waals surface area contributed by atoms with Crippen molar-refractivity contribution in [2.45, 2.75) is 32.1 Å². The highest BCUT2D eigenvalue weighted by molar-refractivity contribution is 5.99. The molecule has 1 aromatic carbocycles. The molecule has 0 bridgehead atoms. The second-order valence-corrected chi connectivity index (χ2v) is 6.83. The van der Waals surface area contributed by atoms with Gasteiger partial charge in [0.05, 0.1) is 5.92 Å². The first-order chi connectivity index (χ1) is 11.9. The Balaban J connectivity index is 2.02. The topological polar surface area (TPSA) is 86.7 Å². The molecule has 1 fully saturated rings. The molecule has 6 nitrogen and oxygen atoms in total. The molecule has 0 spiro atoms. The summed E-state index contributed by atoms with van der Waals surface area (Å²) in [6, 6.07) is 6.47. The van der Waals surface area contributed by atoms with E-state index in [4.69, 9.17) is 0 Å². The number of hydrogen-bond donors (Lipinski definition) is 2. The van der Waals surface area contributed by atoms with Gasteiger partial charge in [-0.25, -0.2) is 0 Å². The minimum absolute atomic E-state index is 0.116. The van der Waals surface area contributed by atoms with Gasteiger partial charge >= 0.3 is 5.97 Å². The van der Waals surface area contributed by atoms with Crippen LogP contribution in [0, 0.1) is 11.8 Å². The molecule has 6 heteroatoms. The van der Waals surface area contributed by atoms with Gasteiger partial charge in [-0.2, -0.15) is 0 Å². The normalized spacial score (nSPS) is 16.1. The number of rotatable bonds is 6. The van der Waals surface area contributed by atoms with Crippen molar-refractivity contribution in [1.29, 1.82) is 0 Å². The lowest BCUT2D eigenvalue weighted by Crippen LogP contribution is -2.37. The predicted molar refractivity (Wildman–Crippen MR) is 94.5 cm³/mol. The first-order valence-electron chi connectivity index (χ1n) is 8.73. The highest BCUT2D eigenvalue weighted by Crippen LogP contribution is 2.30. The van der Waals surface area contributed by atoms with Gasteiger partial charge in [0.25, 0.3) is 11.8 Å². The molecule has 1 aromatic rings. The highest BCUT2D eigenvalue weighted by atomic mass is 16.4. The van der Waals surface area contributed by atoms with E-state index in [1.165, 1.54) is 11.0 Å². The Morgan fingerprint density at radius 3 is 2.40 bits per heavy atom. The van der Waals surface area contributed by atoms with Crippen molar-refractivity contribution in [3.8, 4) is 0 Å². The SMILES string of the molecule is CN(C)C(=O)c1cccc(C(=O)NCC(C(=O)O)C2CCCCC2)c1. The lowest BCUT2D eigenvalue weighted by molar-refractivity contribution is -0.143. The van der Waals surface area contributed by atoms with E-state index >= 15 is 0 Å². The van der Waals surface area contributed by atoms with Crippen LogP contribution >= 0.6 is 0 Å². The summed E-state index contributed by atoms with van der Waals surface area (Å²) in [5.41, 5.74) is 0.792. The molecular formula is C19H26N2O4. The summed E-state index contributed by atoms with van der Waals surface area (Å²) in [5.74, 6) is -1.83. The molecule has 0 saturated heterocycles. The van der Waals surface area contributed by atoms with E-state index in [2.05, 4.69) is 5.32 Å². The third-order valence-electron chi connectivity index (χ3n) is 4.80. The molecule has 2 N–H and O–H groups in total. The molecule has 1 atom stereocenters. The molecule has 0 heterocycles. The van der Waals surface area contributed by atoms with Crippen molar-refractivity contribution in [2.24, 2.45) is 11.8 Å². The van der Waals surface area contributed by atoms with Crippen LogP contribution in [-0.2, 0) is 4.79 Å². The molecule has 0 aliphatic heterocycles. The number of carboxylic acids is 1. The molecule has 0 radical (unpaired) electrons. The maximum absolute atomic E-state index is 12.4. The Bertz CT molecular complexity index is 636. The lowest BCUT2D eigenvalue weighted by Gasteiger charge is -2.27. The largest absolute Gasteiger partial charge is 0.481 e. The number of amides is 2. The third kappa shape index (κ3) is 5.05. The monoisotopic (exact) mass is 346 g/mol. The Morgan fingerprint density at radius 1 is 1.16 bits per heavy atom. The average Bonchev–Trinajstić information content (AvgIpc) is 2.61. The number of carbonyl (C=O) groups is 3. The van der Waals surface area contributed by atoms with Crippen molar-refractivity contribution in [3.05, 3.63) is 35.4 Å². The molecule has 1 aliphatic rings. The molecule has 2 rings (SSSR count). The van der Waals surface area contributed by atoms with E-state index in [9.17, 15) is 19.5 Å². The molecule has 1 saturated carbocycles. The summed E-state index contributed by atoms with van der Waals surface area (Å²) in [7, 11) is 3.30. The summed E-state index contributed by atoms with van der Waals surface area (Å²) < 4.78 is 0. The first-order valence-corrected chi connectivity index (χ1v) is 8.73. The number of nitrogens with one attached hydrogen (secondary N) is 1. The molecule has 1 unspecified atom stereocenters. The maximum Gasteiger partial charge on any atom is 0.308 e. The second kappa shape index (κ2) is 8.65. The number of hydrogen-bond acceptors (Lipinski definition) is 3. The average molecular weight is 346 g/mol. The zero-order valence-corrected chi connectivity index (χ0v) is 14.8. The van der Waals surface area contributed by atoms with Gasteiger partial charge in [-0.05, 0) is 37.0 Å². The second-order valence-electron chi connectivity index (χ2n) is 6.83. The van der Waals surface area contributed by atoms with Crippen molar-refractivity contribution in [2.75, 3.05) is 20.6 Å². The standard InChI is InChI=1S/C19H26N2O4/c1-21(2)18(23)15-10-6-9-14(11-15)17(22)20-12-16(19(24)25)13-7-4-3-5-8-13/h6,9-11,13,16H,3-5,7-8,12H2,1-2H3,(H,20,22)(H,24,25). The van der Waals surface area contributed by atoms with Crippen molar-refractivity contribution < 1.29 is 19.5 Å². The molecule has 25 heavy (non-hydrogen) atoms. The number of aliphatic carboxylic acids is 1. The minimum Gasteiger partial charge on any atom is -0.481 e. The predicted octanol–water partition coefficient (Wildman–Crippen LogP) is 2.40. The van der Waals surface area contributed by atoms with Gasteiger partial charge in [-0.3, -0.25) is 14.4 Å². The molecule has 136 valence electrons. The summed E-state index contributed by atoms with van der Waals surface area (Å²) in [4.78, 5) is 37.4. The van der Waals surface area contributed by atoms with E-state index in [1.54, 1.807) is 32.3 Å². The van der Waals surface area contributed by atoms with E-state index in [0.29, 0.717) is 11.1 Å². The van der Waals surface area contributed by atoms with Crippen LogP contribution in [-0.4, -0.2) is 48.4 Å². The first kappa shape index (κ1) is 19.0. The van der Waals surface area contributed by atoms with Crippen LogP contribution in [0.5, 0.6) is 0 Å². The Labute approximate surface area is 148 Å². The number of nitrogens with zero attached hydrogens (tertiary/aromatic N) is 1. The third-order valence-corrected chi connectivity index (χ3v) is 4.80. The number of carbonyl (C=O) groups excluding carboxylic acids is 2. The van der Waals surface area contributed by atoms with Gasteiger partial charge in [0.15, 0.2) is 0 Å². The molecule has 0 aromatic heterocycles. The summed E-state index contributed by atoms with van der Waals surface area (Å²) in [5, 5.41) is 12.2. The van der Waals surface area contributed by atoms with Crippen LogP contribution in [0.1, 0.15) is 52.8 Å². The van der Waals surface area contributed by atoms with Gasteiger partial charge in [-0.15, -0.1) is 0 Å². The Morgan fingerprint density at radius 2 is 1.80 bits per heavy atom. The van der Waals surface area contributed by atoms with E-state index in [1.807, 2.05) is 0 Å². The summed E-state index contributed by atoms with van der Waals surface area (Å²) in [6.45, 7) is 0.116. The van der Waals surface area contributed by atoms with E-state index in [0.717, 1.165) is 32.1 Å². The smallest absolute Gasteiger partial charge is 0.308 e. The van der Waals surface area contributed by atoms with Crippen LogP contribution in [0.4, 0.5) is 0 Å². The van der Waals surface area contributed by atoms with Crippen LogP contribution in [0.25, 0.3) is 0 Å². The fourth-order valence-corrected chi connectivity index (χ4v) is 3.35. The fraction of sp³-hybridized carbons (Fsp3) is 0.526. The zero-order chi connectivity index (χ0) is 18.4. The van der Waals surface area contributed by atoms with Crippen LogP contribution < -0.4 is 5.32 Å². The Kier molecular flexibility index (Phi) is 6.56. The van der Waals surface area contributed by atoms with Gasteiger partial charge in [0.1, 0.15) is 0 Å². The zero-order valence-electron chi connectivity index (χ0n) is 14.8. The van der Waals surface area contributed by atoms with Gasteiger partial charge in [0, 0.05) is 31.8 Å². The lowest BCUT2D eigenvalue weighted by atomic mass is 9.80. The number of benzene rings is 1. The fourth-order valence-electron chi connectivity index (χ4n) is 3.35.